The summed E-state index contributed by atoms with van der Waals surface area (Å²) in [6.07, 6.45) is 0. The first-order valence-electron chi connectivity index (χ1n) is 5.84. The van der Waals surface area contributed by atoms with Gasteiger partial charge in [0.15, 0.2) is 0 Å². The molecule has 98 valence electrons. The SMILES string of the molecule is Cc1cc(C)cc(NC(=O)c2cc(F)ccc2O)c1. The van der Waals surface area contributed by atoms with E-state index in [4.69, 9.17) is 0 Å². The topological polar surface area (TPSA) is 49.3 Å². The quantitative estimate of drug-likeness (QED) is 0.868. The molecule has 0 saturated carbocycles. The van der Waals surface area contributed by atoms with Gasteiger partial charge >= 0.3 is 0 Å². The number of carbonyl (C=O) groups excluding carboxylic acids is 1. The van der Waals surface area contributed by atoms with E-state index in [2.05, 4.69) is 5.32 Å². The van der Waals surface area contributed by atoms with Gasteiger partial charge in [-0.2, -0.15) is 0 Å². The summed E-state index contributed by atoms with van der Waals surface area (Å²) in [7, 11) is 0. The fourth-order valence-electron chi connectivity index (χ4n) is 1.94. The van der Waals surface area contributed by atoms with Gasteiger partial charge in [0, 0.05) is 5.69 Å². The molecule has 4 heteroatoms. The largest absolute Gasteiger partial charge is 0.507 e. The molecule has 19 heavy (non-hydrogen) atoms. The Morgan fingerprint density at radius 3 is 2.37 bits per heavy atom. The number of hydrogen-bond donors (Lipinski definition) is 2. The molecule has 0 spiro atoms. The Balaban J connectivity index is 2.28. The molecule has 3 nitrogen and oxygen atoms in total. The maximum atomic E-state index is 13.1. The predicted octanol–water partition coefficient (Wildman–Crippen LogP) is 3.40. The van der Waals surface area contributed by atoms with Crippen LogP contribution in [0.15, 0.2) is 36.4 Å². The molecule has 0 unspecified atom stereocenters. The Labute approximate surface area is 110 Å². The molecule has 2 aromatic carbocycles. The second-order valence-corrected chi connectivity index (χ2v) is 4.49. The summed E-state index contributed by atoms with van der Waals surface area (Å²) in [6, 6.07) is 8.86. The zero-order chi connectivity index (χ0) is 14.0. The van der Waals surface area contributed by atoms with Crippen LogP contribution in [-0.4, -0.2) is 11.0 Å². The van der Waals surface area contributed by atoms with Gasteiger partial charge in [0.05, 0.1) is 5.56 Å². The number of aryl methyl sites for hydroxylation is 2. The van der Waals surface area contributed by atoms with Crippen molar-refractivity contribution in [2.45, 2.75) is 13.8 Å². The number of carbonyl (C=O) groups is 1. The van der Waals surface area contributed by atoms with Gasteiger partial charge in [-0.25, -0.2) is 4.39 Å². The van der Waals surface area contributed by atoms with Gasteiger partial charge in [-0.05, 0) is 55.3 Å². The summed E-state index contributed by atoms with van der Waals surface area (Å²) >= 11 is 0. The van der Waals surface area contributed by atoms with Crippen molar-refractivity contribution in [2.75, 3.05) is 5.32 Å². The first-order valence-corrected chi connectivity index (χ1v) is 5.84. The minimum Gasteiger partial charge on any atom is -0.507 e. The Morgan fingerprint density at radius 1 is 1.11 bits per heavy atom. The maximum absolute atomic E-state index is 13.1. The lowest BCUT2D eigenvalue weighted by Crippen LogP contribution is -2.12. The van der Waals surface area contributed by atoms with Crippen LogP contribution < -0.4 is 5.32 Å². The number of phenols is 1. The Bertz CT molecular complexity index is 618. The van der Waals surface area contributed by atoms with Crippen molar-refractivity contribution < 1.29 is 14.3 Å². The monoisotopic (exact) mass is 259 g/mol. The molecular formula is C15H14FNO2. The number of anilines is 1. The average Bonchev–Trinajstić information content (AvgIpc) is 2.30. The first kappa shape index (κ1) is 13.1. The summed E-state index contributed by atoms with van der Waals surface area (Å²) in [5, 5.41) is 12.2. The molecule has 0 aromatic heterocycles. The minimum atomic E-state index is -0.566. The molecule has 0 radical (unpaired) electrons. The van der Waals surface area contributed by atoms with Crippen molar-refractivity contribution in [3.05, 3.63) is 58.9 Å². The van der Waals surface area contributed by atoms with E-state index in [9.17, 15) is 14.3 Å². The fraction of sp³-hybridized carbons (Fsp3) is 0.133. The molecule has 0 aliphatic carbocycles. The van der Waals surface area contributed by atoms with Crippen LogP contribution in [-0.2, 0) is 0 Å². The molecular weight excluding hydrogens is 245 g/mol. The number of benzene rings is 2. The zero-order valence-corrected chi connectivity index (χ0v) is 10.7. The first-order chi connectivity index (χ1) is 8.95. The van der Waals surface area contributed by atoms with Crippen molar-refractivity contribution in [2.24, 2.45) is 0 Å². The third-order valence-electron chi connectivity index (χ3n) is 2.68. The Hall–Kier alpha value is -2.36. The van der Waals surface area contributed by atoms with Crippen molar-refractivity contribution in [3.8, 4) is 5.75 Å². The molecule has 0 aliphatic rings. The molecule has 0 saturated heterocycles. The standard InChI is InChI=1S/C15H14FNO2/c1-9-5-10(2)7-12(6-9)17-15(19)13-8-11(16)3-4-14(13)18/h3-8,18H,1-2H3,(H,17,19). The molecule has 0 atom stereocenters. The van der Waals surface area contributed by atoms with Crippen molar-refractivity contribution in [3.63, 3.8) is 0 Å². The van der Waals surface area contributed by atoms with Gasteiger partial charge in [0.25, 0.3) is 5.91 Å². The van der Waals surface area contributed by atoms with Gasteiger partial charge in [-0.3, -0.25) is 4.79 Å². The van der Waals surface area contributed by atoms with E-state index in [0.717, 1.165) is 29.3 Å². The highest BCUT2D eigenvalue weighted by Crippen LogP contribution is 2.20. The van der Waals surface area contributed by atoms with Crippen LogP contribution in [0.4, 0.5) is 10.1 Å². The highest BCUT2D eigenvalue weighted by Gasteiger charge is 2.12. The second kappa shape index (κ2) is 5.10. The zero-order valence-electron chi connectivity index (χ0n) is 10.7. The lowest BCUT2D eigenvalue weighted by Gasteiger charge is -2.08. The van der Waals surface area contributed by atoms with E-state index in [1.807, 2.05) is 19.9 Å². The third kappa shape index (κ3) is 3.10. The normalized spacial score (nSPS) is 10.3. The summed E-state index contributed by atoms with van der Waals surface area (Å²) in [5.74, 6) is -1.35. The molecule has 2 rings (SSSR count). The maximum Gasteiger partial charge on any atom is 0.259 e. The molecule has 0 fully saturated rings. The highest BCUT2D eigenvalue weighted by molar-refractivity contribution is 6.06. The van der Waals surface area contributed by atoms with Crippen molar-refractivity contribution in [1.29, 1.82) is 0 Å². The van der Waals surface area contributed by atoms with Gasteiger partial charge in [-0.15, -0.1) is 0 Å². The van der Waals surface area contributed by atoms with Crippen LogP contribution in [0.3, 0.4) is 0 Å². The van der Waals surface area contributed by atoms with Gasteiger partial charge in [0.1, 0.15) is 11.6 Å². The summed E-state index contributed by atoms with van der Waals surface area (Å²) < 4.78 is 13.1. The number of phenolic OH excluding ortho intramolecular Hbond substituents is 1. The molecule has 1 amide bonds. The van der Waals surface area contributed by atoms with Gasteiger partial charge in [-0.1, -0.05) is 6.07 Å². The Kier molecular flexibility index (Phi) is 3.51. The van der Waals surface area contributed by atoms with Crippen LogP contribution in [0.1, 0.15) is 21.5 Å². The van der Waals surface area contributed by atoms with Crippen LogP contribution in [0.2, 0.25) is 0 Å². The van der Waals surface area contributed by atoms with Crippen molar-refractivity contribution >= 4 is 11.6 Å². The number of hydrogen-bond acceptors (Lipinski definition) is 2. The lowest BCUT2D eigenvalue weighted by molar-refractivity contribution is 0.102. The number of rotatable bonds is 2. The van der Waals surface area contributed by atoms with Gasteiger partial charge < -0.3 is 10.4 Å². The predicted molar refractivity (Wildman–Crippen MR) is 71.9 cm³/mol. The molecule has 2 aromatic rings. The Morgan fingerprint density at radius 2 is 1.74 bits per heavy atom. The smallest absolute Gasteiger partial charge is 0.259 e. The third-order valence-corrected chi connectivity index (χ3v) is 2.68. The van der Waals surface area contributed by atoms with Crippen LogP contribution in [0.25, 0.3) is 0 Å². The van der Waals surface area contributed by atoms with E-state index in [1.54, 1.807) is 12.1 Å². The lowest BCUT2D eigenvalue weighted by atomic mass is 10.1. The van der Waals surface area contributed by atoms with Crippen LogP contribution in [0.5, 0.6) is 5.75 Å². The van der Waals surface area contributed by atoms with E-state index in [-0.39, 0.29) is 11.3 Å². The number of nitrogens with one attached hydrogen (secondary N) is 1. The molecule has 0 heterocycles. The average molecular weight is 259 g/mol. The highest BCUT2D eigenvalue weighted by atomic mass is 19.1. The fourth-order valence-corrected chi connectivity index (χ4v) is 1.94. The van der Waals surface area contributed by atoms with E-state index in [1.165, 1.54) is 0 Å². The van der Waals surface area contributed by atoms with E-state index in [0.29, 0.717) is 5.69 Å². The molecule has 0 bridgehead atoms. The second-order valence-electron chi connectivity index (χ2n) is 4.49. The summed E-state index contributed by atoms with van der Waals surface area (Å²) in [4.78, 5) is 12.0. The van der Waals surface area contributed by atoms with E-state index >= 15 is 0 Å². The number of amides is 1. The van der Waals surface area contributed by atoms with Crippen molar-refractivity contribution in [1.82, 2.24) is 0 Å². The molecule has 0 aliphatic heterocycles. The summed E-state index contributed by atoms with van der Waals surface area (Å²) in [5.41, 5.74) is 2.56. The molecule has 2 N–H and O–H groups in total. The summed E-state index contributed by atoms with van der Waals surface area (Å²) in [6.45, 7) is 3.84. The number of aromatic hydroxyl groups is 1. The van der Waals surface area contributed by atoms with Crippen LogP contribution in [0, 0.1) is 19.7 Å². The van der Waals surface area contributed by atoms with Crippen LogP contribution >= 0.6 is 0 Å². The van der Waals surface area contributed by atoms with Gasteiger partial charge in [0.2, 0.25) is 0 Å². The number of halogens is 1. The minimum absolute atomic E-state index is 0.0841. The van der Waals surface area contributed by atoms with E-state index < -0.39 is 11.7 Å².